The van der Waals surface area contributed by atoms with Crippen molar-refractivity contribution in [2.24, 2.45) is 0 Å². The van der Waals surface area contributed by atoms with Crippen LogP contribution in [0.4, 0.5) is 5.69 Å². The van der Waals surface area contributed by atoms with E-state index in [1.807, 2.05) is 32.0 Å². The number of nitrogens with one attached hydrogen (secondary N) is 1. The first kappa shape index (κ1) is 22.3. The number of carbonyl (C=O) groups excluding carboxylic acids is 2. The van der Waals surface area contributed by atoms with Gasteiger partial charge in [0.15, 0.2) is 6.61 Å². The fourth-order valence-corrected chi connectivity index (χ4v) is 3.68. The van der Waals surface area contributed by atoms with Gasteiger partial charge in [-0.05, 0) is 44.2 Å². The van der Waals surface area contributed by atoms with Gasteiger partial charge in [0.05, 0.1) is 10.5 Å². The van der Waals surface area contributed by atoms with Gasteiger partial charge in [0.2, 0.25) is 10.0 Å². The van der Waals surface area contributed by atoms with Crippen molar-refractivity contribution in [1.82, 2.24) is 4.72 Å². The molecular weight excluding hydrogens is 392 g/mol. The number of hydrogen-bond acceptors (Lipinski definition) is 5. The van der Waals surface area contributed by atoms with Crippen LogP contribution >= 0.6 is 0 Å². The lowest BCUT2D eigenvalue weighted by Crippen LogP contribution is -2.39. The number of carbonyl (C=O) groups is 2. The number of benzene rings is 2. The molecule has 29 heavy (non-hydrogen) atoms. The van der Waals surface area contributed by atoms with Crippen molar-refractivity contribution in [1.29, 1.82) is 0 Å². The highest BCUT2D eigenvalue weighted by atomic mass is 32.2. The standard InChI is InChI=1S/C21H24N2O5S/c1-4-13-22-29(26,27)19-12-8-9-17(14-19)21(25)28-15-20(24)23(16(2)3)18-10-6-5-7-11-18/h4-12,14,16,22H,1,13,15H2,2-3H3. The number of nitrogens with zero attached hydrogens (tertiary/aromatic N) is 1. The second-order valence-corrected chi connectivity index (χ2v) is 8.20. The van der Waals surface area contributed by atoms with Gasteiger partial charge < -0.3 is 9.64 Å². The number of amides is 1. The Labute approximate surface area is 171 Å². The van der Waals surface area contributed by atoms with Gasteiger partial charge in [-0.3, -0.25) is 4.79 Å². The van der Waals surface area contributed by atoms with Crippen LogP contribution in [0.3, 0.4) is 0 Å². The lowest BCUT2D eigenvalue weighted by molar-refractivity contribution is -0.122. The number of hydrogen-bond donors (Lipinski definition) is 1. The quantitative estimate of drug-likeness (QED) is 0.501. The molecule has 0 spiro atoms. The highest BCUT2D eigenvalue weighted by Crippen LogP contribution is 2.17. The molecule has 1 amide bonds. The minimum absolute atomic E-state index is 0.0371. The van der Waals surface area contributed by atoms with Crippen LogP contribution < -0.4 is 9.62 Å². The summed E-state index contributed by atoms with van der Waals surface area (Å²) in [7, 11) is -3.77. The van der Waals surface area contributed by atoms with Crippen molar-refractivity contribution >= 4 is 27.6 Å². The molecule has 0 heterocycles. The maximum atomic E-state index is 12.6. The van der Waals surface area contributed by atoms with Crippen molar-refractivity contribution < 1.29 is 22.7 Å². The zero-order chi connectivity index (χ0) is 21.4. The van der Waals surface area contributed by atoms with E-state index in [-0.39, 0.29) is 29.0 Å². The number of sulfonamides is 1. The minimum atomic E-state index is -3.77. The summed E-state index contributed by atoms with van der Waals surface area (Å²) in [4.78, 5) is 26.4. The third-order valence-electron chi connectivity index (χ3n) is 3.94. The van der Waals surface area contributed by atoms with Crippen LogP contribution in [0.5, 0.6) is 0 Å². The Hall–Kier alpha value is -2.97. The van der Waals surface area contributed by atoms with Gasteiger partial charge in [0.1, 0.15) is 0 Å². The fraction of sp³-hybridized carbons (Fsp3) is 0.238. The molecule has 0 fully saturated rings. The molecule has 0 atom stereocenters. The van der Waals surface area contributed by atoms with E-state index in [0.717, 1.165) is 0 Å². The number of esters is 1. The molecule has 8 heteroatoms. The predicted molar refractivity (Wildman–Crippen MR) is 111 cm³/mol. The van der Waals surface area contributed by atoms with Crippen molar-refractivity contribution in [3.05, 3.63) is 72.8 Å². The normalized spacial score (nSPS) is 11.1. The van der Waals surface area contributed by atoms with E-state index >= 15 is 0 Å². The second kappa shape index (κ2) is 9.99. The zero-order valence-corrected chi connectivity index (χ0v) is 17.2. The largest absolute Gasteiger partial charge is 0.452 e. The van der Waals surface area contributed by atoms with Crippen molar-refractivity contribution in [3.8, 4) is 0 Å². The highest BCUT2D eigenvalue weighted by Gasteiger charge is 2.21. The van der Waals surface area contributed by atoms with Gasteiger partial charge >= 0.3 is 5.97 Å². The van der Waals surface area contributed by atoms with Gasteiger partial charge in [-0.15, -0.1) is 6.58 Å². The summed E-state index contributed by atoms with van der Waals surface area (Å²) in [6.45, 7) is 6.78. The highest BCUT2D eigenvalue weighted by molar-refractivity contribution is 7.89. The maximum Gasteiger partial charge on any atom is 0.338 e. The Kier molecular flexibility index (Phi) is 7.69. The number of anilines is 1. The number of para-hydroxylation sites is 1. The molecule has 2 rings (SSSR count). The van der Waals surface area contributed by atoms with E-state index in [1.165, 1.54) is 35.2 Å². The van der Waals surface area contributed by atoms with Crippen molar-refractivity contribution in [2.45, 2.75) is 24.8 Å². The monoisotopic (exact) mass is 416 g/mol. The van der Waals surface area contributed by atoms with E-state index in [0.29, 0.717) is 5.69 Å². The molecule has 0 aromatic heterocycles. The Morgan fingerprint density at radius 1 is 1.14 bits per heavy atom. The average Bonchev–Trinajstić information content (AvgIpc) is 2.71. The van der Waals surface area contributed by atoms with Crippen molar-refractivity contribution in [2.75, 3.05) is 18.1 Å². The lowest BCUT2D eigenvalue weighted by atomic mass is 10.2. The molecule has 0 aliphatic rings. The fourth-order valence-electron chi connectivity index (χ4n) is 2.64. The lowest BCUT2D eigenvalue weighted by Gasteiger charge is -2.26. The summed E-state index contributed by atoms with van der Waals surface area (Å²) in [5.74, 6) is -1.16. The average molecular weight is 416 g/mol. The molecule has 154 valence electrons. The first-order chi connectivity index (χ1) is 13.8. The van der Waals surface area contributed by atoms with E-state index in [2.05, 4.69) is 11.3 Å². The van der Waals surface area contributed by atoms with E-state index in [9.17, 15) is 18.0 Å². The first-order valence-corrected chi connectivity index (χ1v) is 10.5. The minimum Gasteiger partial charge on any atom is -0.452 e. The van der Waals surface area contributed by atoms with Crippen LogP contribution in [-0.2, 0) is 19.6 Å². The molecule has 2 aromatic carbocycles. The molecule has 0 bridgehead atoms. The summed E-state index contributed by atoms with van der Waals surface area (Å²) in [6.07, 6.45) is 1.41. The topological polar surface area (TPSA) is 92.8 Å². The maximum absolute atomic E-state index is 12.6. The smallest absolute Gasteiger partial charge is 0.338 e. The van der Waals surface area contributed by atoms with Gasteiger partial charge in [-0.2, -0.15) is 0 Å². The molecule has 0 radical (unpaired) electrons. The van der Waals surface area contributed by atoms with Crippen LogP contribution in [0, 0.1) is 0 Å². The molecule has 1 N–H and O–H groups in total. The van der Waals surface area contributed by atoms with E-state index < -0.39 is 22.6 Å². The Morgan fingerprint density at radius 2 is 1.83 bits per heavy atom. The van der Waals surface area contributed by atoms with Crippen LogP contribution in [0.25, 0.3) is 0 Å². The summed E-state index contributed by atoms with van der Waals surface area (Å²) >= 11 is 0. The van der Waals surface area contributed by atoms with E-state index in [4.69, 9.17) is 4.74 Å². The van der Waals surface area contributed by atoms with Gasteiger partial charge in [0.25, 0.3) is 5.91 Å². The molecule has 0 saturated heterocycles. The second-order valence-electron chi connectivity index (χ2n) is 6.44. The molecule has 0 aliphatic heterocycles. The third kappa shape index (κ3) is 6.00. The van der Waals surface area contributed by atoms with Crippen LogP contribution in [0.1, 0.15) is 24.2 Å². The van der Waals surface area contributed by atoms with Gasteiger partial charge in [0, 0.05) is 18.3 Å². The van der Waals surface area contributed by atoms with Gasteiger partial charge in [-0.1, -0.05) is 30.3 Å². The Bertz CT molecular complexity index is 972. The summed E-state index contributed by atoms with van der Waals surface area (Å²) in [5.41, 5.74) is 0.736. The Balaban J connectivity index is 2.09. The zero-order valence-electron chi connectivity index (χ0n) is 16.4. The molecule has 0 unspecified atom stereocenters. The predicted octanol–water partition coefficient (Wildman–Crippen LogP) is 2.75. The SMILES string of the molecule is C=CCNS(=O)(=O)c1cccc(C(=O)OCC(=O)N(c2ccccc2)C(C)C)c1. The van der Waals surface area contributed by atoms with E-state index in [1.54, 1.807) is 12.1 Å². The molecule has 0 saturated carbocycles. The third-order valence-corrected chi connectivity index (χ3v) is 5.37. The van der Waals surface area contributed by atoms with Crippen molar-refractivity contribution in [3.63, 3.8) is 0 Å². The molecule has 2 aromatic rings. The van der Waals surface area contributed by atoms with Crippen LogP contribution in [0.2, 0.25) is 0 Å². The van der Waals surface area contributed by atoms with Crippen LogP contribution in [0.15, 0.2) is 72.1 Å². The van der Waals surface area contributed by atoms with Crippen LogP contribution in [-0.4, -0.2) is 39.5 Å². The summed E-state index contributed by atoms with van der Waals surface area (Å²) in [6, 6.07) is 14.4. The number of rotatable bonds is 9. The summed E-state index contributed by atoms with van der Waals surface area (Å²) in [5, 5.41) is 0. The molecule has 7 nitrogen and oxygen atoms in total. The molecule has 0 aliphatic carbocycles. The molecular formula is C21H24N2O5S. The van der Waals surface area contributed by atoms with Gasteiger partial charge in [-0.25, -0.2) is 17.9 Å². The number of ether oxygens (including phenoxy) is 1. The summed E-state index contributed by atoms with van der Waals surface area (Å²) < 4.78 is 31.8. The Morgan fingerprint density at radius 3 is 2.45 bits per heavy atom. The first-order valence-electron chi connectivity index (χ1n) is 9.01.